The number of aromatic carboxylic acids is 1. The molecular formula is C32H30N2O5. The zero-order valence-corrected chi connectivity index (χ0v) is 21.5. The van der Waals surface area contributed by atoms with Gasteiger partial charge in [0.25, 0.3) is 5.91 Å². The maximum absolute atomic E-state index is 13.7. The molecule has 39 heavy (non-hydrogen) atoms. The third kappa shape index (κ3) is 6.45. The predicted octanol–water partition coefficient (Wildman–Crippen LogP) is 5.65. The molecule has 1 fully saturated rings. The average molecular weight is 523 g/mol. The number of ether oxygens (including phenoxy) is 2. The molecule has 0 atom stereocenters. The van der Waals surface area contributed by atoms with Gasteiger partial charge in [0, 0.05) is 24.3 Å². The van der Waals surface area contributed by atoms with Crippen LogP contribution in [0.5, 0.6) is 5.75 Å². The van der Waals surface area contributed by atoms with E-state index in [-0.39, 0.29) is 18.0 Å². The van der Waals surface area contributed by atoms with Crippen LogP contribution in [0.15, 0.2) is 103 Å². The summed E-state index contributed by atoms with van der Waals surface area (Å²) in [6.45, 7) is 2.99. The lowest BCUT2D eigenvalue weighted by Crippen LogP contribution is -2.37. The SMILES string of the molecule is O=C(O)c1cc(N(Cc2cccc(OCc3ccccc3)c2)C(=O)c2ccccc2)ccc1N1CCOCC1. The van der Waals surface area contributed by atoms with Crippen LogP contribution in [0.25, 0.3) is 0 Å². The normalized spacial score (nSPS) is 13.1. The van der Waals surface area contributed by atoms with Crippen molar-refractivity contribution in [3.8, 4) is 5.75 Å². The molecule has 1 saturated heterocycles. The minimum atomic E-state index is -1.04. The average Bonchev–Trinajstić information content (AvgIpc) is 3.00. The second-order valence-electron chi connectivity index (χ2n) is 9.29. The maximum Gasteiger partial charge on any atom is 0.337 e. The summed E-state index contributed by atoms with van der Waals surface area (Å²) in [6.07, 6.45) is 0. The lowest BCUT2D eigenvalue weighted by atomic mass is 10.1. The van der Waals surface area contributed by atoms with Crippen molar-refractivity contribution >= 4 is 23.3 Å². The monoisotopic (exact) mass is 522 g/mol. The predicted molar refractivity (Wildman–Crippen MR) is 151 cm³/mol. The zero-order chi connectivity index (χ0) is 27.0. The molecule has 0 aromatic heterocycles. The maximum atomic E-state index is 13.7. The van der Waals surface area contributed by atoms with Crippen molar-refractivity contribution < 1.29 is 24.2 Å². The first kappa shape index (κ1) is 26.0. The molecule has 1 amide bonds. The smallest absolute Gasteiger partial charge is 0.337 e. The molecule has 0 radical (unpaired) electrons. The quantitative estimate of drug-likeness (QED) is 0.306. The van der Waals surface area contributed by atoms with E-state index in [1.165, 1.54) is 0 Å². The molecular weight excluding hydrogens is 492 g/mol. The van der Waals surface area contributed by atoms with Gasteiger partial charge in [0.2, 0.25) is 0 Å². The van der Waals surface area contributed by atoms with Gasteiger partial charge in [0.1, 0.15) is 12.4 Å². The van der Waals surface area contributed by atoms with Gasteiger partial charge in [-0.1, -0.05) is 60.7 Å². The third-order valence-corrected chi connectivity index (χ3v) is 6.63. The highest BCUT2D eigenvalue weighted by molar-refractivity contribution is 6.07. The molecule has 5 rings (SSSR count). The number of hydrogen-bond acceptors (Lipinski definition) is 5. The number of rotatable bonds is 9. The Bertz CT molecular complexity index is 1420. The molecule has 1 aliphatic heterocycles. The largest absolute Gasteiger partial charge is 0.489 e. The van der Waals surface area contributed by atoms with Crippen molar-refractivity contribution in [2.75, 3.05) is 36.1 Å². The van der Waals surface area contributed by atoms with Gasteiger partial charge in [0.15, 0.2) is 0 Å². The van der Waals surface area contributed by atoms with Gasteiger partial charge in [-0.05, 0) is 53.6 Å². The summed E-state index contributed by atoms with van der Waals surface area (Å²) >= 11 is 0. The van der Waals surface area contributed by atoms with E-state index in [0.29, 0.717) is 55.6 Å². The first-order chi connectivity index (χ1) is 19.1. The Morgan fingerprint density at radius 3 is 2.23 bits per heavy atom. The standard InChI is InChI=1S/C32H30N2O5/c35-31(26-11-5-2-6-12-26)34(22-25-10-7-13-28(20-25)39-23-24-8-3-1-4-9-24)27-14-15-30(29(21-27)32(36)37)33-16-18-38-19-17-33/h1-15,20-21H,16-19,22-23H2,(H,36,37). The van der Waals surface area contributed by atoms with E-state index in [1.807, 2.05) is 83.8 Å². The molecule has 4 aromatic carbocycles. The topological polar surface area (TPSA) is 79.3 Å². The number of morpholine rings is 1. The van der Waals surface area contributed by atoms with Gasteiger partial charge in [0.05, 0.1) is 31.0 Å². The Balaban J connectivity index is 1.45. The van der Waals surface area contributed by atoms with Crippen molar-refractivity contribution in [3.63, 3.8) is 0 Å². The molecule has 0 saturated carbocycles. The van der Waals surface area contributed by atoms with E-state index >= 15 is 0 Å². The molecule has 1 heterocycles. The van der Waals surface area contributed by atoms with E-state index in [1.54, 1.807) is 29.2 Å². The Labute approximate surface area is 227 Å². The Morgan fingerprint density at radius 1 is 0.821 bits per heavy atom. The summed E-state index contributed by atoms with van der Waals surface area (Å²) in [5.41, 5.74) is 3.72. The van der Waals surface area contributed by atoms with Crippen LogP contribution in [0.1, 0.15) is 31.8 Å². The molecule has 7 heteroatoms. The summed E-state index contributed by atoms with van der Waals surface area (Å²) in [6, 6.07) is 31.7. The number of carboxylic acid groups (broad SMARTS) is 1. The van der Waals surface area contributed by atoms with E-state index in [2.05, 4.69) is 0 Å². The molecule has 198 valence electrons. The second-order valence-corrected chi connectivity index (χ2v) is 9.29. The number of hydrogen-bond donors (Lipinski definition) is 1. The van der Waals surface area contributed by atoms with Gasteiger partial charge in [-0.25, -0.2) is 4.79 Å². The summed E-state index contributed by atoms with van der Waals surface area (Å²) in [5.74, 6) is -0.569. The number of carbonyl (C=O) groups is 2. The van der Waals surface area contributed by atoms with Crippen molar-refractivity contribution in [2.24, 2.45) is 0 Å². The first-order valence-electron chi connectivity index (χ1n) is 12.9. The summed E-state index contributed by atoms with van der Waals surface area (Å²) in [4.78, 5) is 29.6. The number of carboxylic acids is 1. The van der Waals surface area contributed by atoms with Crippen LogP contribution in [0.2, 0.25) is 0 Å². The molecule has 4 aromatic rings. The van der Waals surface area contributed by atoms with Crippen LogP contribution < -0.4 is 14.5 Å². The van der Waals surface area contributed by atoms with Crippen LogP contribution in [0.3, 0.4) is 0 Å². The number of carbonyl (C=O) groups excluding carboxylic acids is 1. The van der Waals surface area contributed by atoms with E-state index in [4.69, 9.17) is 9.47 Å². The van der Waals surface area contributed by atoms with E-state index < -0.39 is 5.97 Å². The molecule has 0 bridgehead atoms. The van der Waals surface area contributed by atoms with Crippen LogP contribution in [0, 0.1) is 0 Å². The fourth-order valence-corrected chi connectivity index (χ4v) is 4.62. The van der Waals surface area contributed by atoms with Crippen molar-refractivity contribution in [1.82, 2.24) is 0 Å². The molecule has 0 spiro atoms. The summed E-state index contributed by atoms with van der Waals surface area (Å²) in [5, 5.41) is 10.1. The van der Waals surface area contributed by atoms with Crippen molar-refractivity contribution in [2.45, 2.75) is 13.2 Å². The first-order valence-corrected chi connectivity index (χ1v) is 12.9. The van der Waals surface area contributed by atoms with Crippen molar-refractivity contribution in [1.29, 1.82) is 0 Å². The third-order valence-electron chi connectivity index (χ3n) is 6.63. The van der Waals surface area contributed by atoms with Crippen LogP contribution in [-0.4, -0.2) is 43.3 Å². The fraction of sp³-hybridized carbons (Fsp3) is 0.188. The highest BCUT2D eigenvalue weighted by Crippen LogP contribution is 2.30. The van der Waals surface area contributed by atoms with Gasteiger partial charge >= 0.3 is 5.97 Å². The number of anilines is 2. The number of nitrogens with zero attached hydrogens (tertiary/aromatic N) is 2. The second kappa shape index (κ2) is 12.3. The molecule has 0 unspecified atom stereocenters. The minimum Gasteiger partial charge on any atom is -0.489 e. The number of benzene rings is 4. The van der Waals surface area contributed by atoms with Crippen LogP contribution in [-0.2, 0) is 17.9 Å². The lowest BCUT2D eigenvalue weighted by molar-refractivity contribution is 0.0696. The van der Waals surface area contributed by atoms with E-state index in [0.717, 1.165) is 11.1 Å². The van der Waals surface area contributed by atoms with Gasteiger partial charge < -0.3 is 24.4 Å². The fourth-order valence-electron chi connectivity index (χ4n) is 4.62. The highest BCUT2D eigenvalue weighted by atomic mass is 16.5. The van der Waals surface area contributed by atoms with Crippen LogP contribution in [0.4, 0.5) is 11.4 Å². The molecule has 7 nitrogen and oxygen atoms in total. The van der Waals surface area contributed by atoms with E-state index in [9.17, 15) is 14.7 Å². The van der Waals surface area contributed by atoms with Crippen molar-refractivity contribution in [3.05, 3.63) is 125 Å². The molecule has 0 aliphatic carbocycles. The summed E-state index contributed by atoms with van der Waals surface area (Å²) < 4.78 is 11.4. The molecule has 1 aliphatic rings. The molecule has 1 N–H and O–H groups in total. The van der Waals surface area contributed by atoms with Gasteiger partial charge in [-0.15, -0.1) is 0 Å². The lowest BCUT2D eigenvalue weighted by Gasteiger charge is -2.31. The number of amides is 1. The van der Waals surface area contributed by atoms with Gasteiger partial charge in [-0.2, -0.15) is 0 Å². The van der Waals surface area contributed by atoms with Crippen LogP contribution >= 0.6 is 0 Å². The highest BCUT2D eigenvalue weighted by Gasteiger charge is 2.23. The Morgan fingerprint density at radius 2 is 1.51 bits per heavy atom. The zero-order valence-electron chi connectivity index (χ0n) is 21.5. The summed E-state index contributed by atoms with van der Waals surface area (Å²) in [7, 11) is 0. The Kier molecular flexibility index (Phi) is 8.19. The Hall–Kier alpha value is -4.62. The van der Waals surface area contributed by atoms with Gasteiger partial charge in [-0.3, -0.25) is 4.79 Å². The minimum absolute atomic E-state index is 0.153.